The van der Waals surface area contributed by atoms with Gasteiger partial charge in [-0.05, 0) is 33.7 Å². The Morgan fingerprint density at radius 2 is 1.10 bits per heavy atom. The SMILES string of the molecule is CCC(=O)NC(=O)OC(C)(C)C.CCCCCCCCCCCCCCCCN. The minimum Gasteiger partial charge on any atom is -0.444 e. The number of hydrogen-bond acceptors (Lipinski definition) is 4. The van der Waals surface area contributed by atoms with Crippen LogP contribution in [0, 0.1) is 0 Å². The molecule has 3 N–H and O–H groups in total. The molecule has 0 aliphatic heterocycles. The second-order valence-electron chi connectivity index (χ2n) is 8.79. The van der Waals surface area contributed by atoms with E-state index in [1.165, 1.54) is 89.9 Å². The number of amides is 2. The van der Waals surface area contributed by atoms with Crippen molar-refractivity contribution in [3.8, 4) is 0 Å². The topological polar surface area (TPSA) is 81.4 Å². The predicted octanol–water partition coefficient (Wildman–Crippen LogP) is 6.87. The molecule has 2 amide bonds. The molecule has 0 saturated carbocycles. The van der Waals surface area contributed by atoms with Crippen LogP contribution in [0.25, 0.3) is 0 Å². The molecule has 0 spiro atoms. The fraction of sp³-hybridized carbons (Fsp3) is 0.917. The molecular formula is C24H50N2O3. The number of nitrogens with one attached hydrogen (secondary N) is 1. The number of rotatable bonds is 15. The first-order chi connectivity index (χ1) is 13.8. The zero-order chi connectivity index (χ0) is 22.4. The molecule has 0 atom stereocenters. The van der Waals surface area contributed by atoms with Crippen LogP contribution in [0.1, 0.15) is 131 Å². The smallest absolute Gasteiger partial charge is 0.414 e. The van der Waals surface area contributed by atoms with E-state index in [0.717, 1.165) is 6.54 Å². The normalized spacial score (nSPS) is 10.8. The Bertz CT molecular complexity index is 365. The van der Waals surface area contributed by atoms with Gasteiger partial charge in [-0.15, -0.1) is 0 Å². The first-order valence-corrected chi connectivity index (χ1v) is 12.0. The van der Waals surface area contributed by atoms with Crippen molar-refractivity contribution in [2.75, 3.05) is 6.54 Å². The van der Waals surface area contributed by atoms with Crippen LogP contribution < -0.4 is 11.1 Å². The van der Waals surface area contributed by atoms with Gasteiger partial charge in [0.25, 0.3) is 0 Å². The summed E-state index contributed by atoms with van der Waals surface area (Å²) in [6.07, 6.45) is 19.5. The van der Waals surface area contributed by atoms with Crippen LogP contribution in [0.15, 0.2) is 0 Å². The molecule has 0 bridgehead atoms. The molecule has 0 aromatic heterocycles. The summed E-state index contributed by atoms with van der Waals surface area (Å²) >= 11 is 0. The minimum absolute atomic E-state index is 0.277. The van der Waals surface area contributed by atoms with E-state index in [2.05, 4.69) is 12.2 Å². The average molecular weight is 415 g/mol. The van der Waals surface area contributed by atoms with Gasteiger partial charge in [0.15, 0.2) is 0 Å². The fourth-order valence-electron chi connectivity index (χ4n) is 2.84. The summed E-state index contributed by atoms with van der Waals surface area (Å²) in [7, 11) is 0. The van der Waals surface area contributed by atoms with Crippen molar-refractivity contribution in [3.05, 3.63) is 0 Å². The number of hydrogen-bond donors (Lipinski definition) is 2. The Morgan fingerprint density at radius 3 is 1.41 bits per heavy atom. The van der Waals surface area contributed by atoms with Crippen LogP contribution in [0.5, 0.6) is 0 Å². The van der Waals surface area contributed by atoms with Gasteiger partial charge in [0.1, 0.15) is 5.60 Å². The van der Waals surface area contributed by atoms with Crippen molar-refractivity contribution in [2.45, 2.75) is 137 Å². The molecular weight excluding hydrogens is 364 g/mol. The lowest BCUT2D eigenvalue weighted by Crippen LogP contribution is -2.35. The first-order valence-electron chi connectivity index (χ1n) is 12.0. The van der Waals surface area contributed by atoms with Gasteiger partial charge in [-0.1, -0.05) is 97.3 Å². The van der Waals surface area contributed by atoms with E-state index >= 15 is 0 Å². The lowest BCUT2D eigenvalue weighted by atomic mass is 10.0. The van der Waals surface area contributed by atoms with Gasteiger partial charge in [0.2, 0.25) is 5.91 Å². The number of carbonyl (C=O) groups is 2. The minimum atomic E-state index is -0.686. The van der Waals surface area contributed by atoms with E-state index in [9.17, 15) is 9.59 Å². The number of nitrogens with two attached hydrogens (primary N) is 1. The van der Waals surface area contributed by atoms with Crippen molar-refractivity contribution >= 4 is 12.0 Å². The third-order valence-electron chi connectivity index (χ3n) is 4.52. The number of alkyl carbamates (subject to hydrolysis) is 1. The molecule has 5 heteroatoms. The maximum Gasteiger partial charge on any atom is 0.414 e. The first kappa shape index (κ1) is 30.1. The molecule has 0 fully saturated rings. The number of ether oxygens (including phenoxy) is 1. The van der Waals surface area contributed by atoms with E-state index in [1.807, 2.05) is 0 Å². The van der Waals surface area contributed by atoms with Gasteiger partial charge < -0.3 is 10.5 Å². The molecule has 174 valence electrons. The molecule has 29 heavy (non-hydrogen) atoms. The van der Waals surface area contributed by atoms with Crippen LogP contribution in [-0.2, 0) is 9.53 Å². The van der Waals surface area contributed by atoms with Gasteiger partial charge in [0.05, 0.1) is 0 Å². The highest BCUT2D eigenvalue weighted by molar-refractivity contribution is 5.91. The Morgan fingerprint density at radius 1 is 0.724 bits per heavy atom. The standard InChI is InChI=1S/C16H35N.C8H15NO3/c1-2-3-4-5-6-7-8-9-10-11-12-13-14-15-16-17;1-5-6(10)9-7(11)12-8(2,3)4/h2-17H2,1H3;5H2,1-4H3,(H,9,10,11). The summed E-state index contributed by atoms with van der Waals surface area (Å²) in [5.74, 6) is -0.329. The zero-order valence-corrected chi connectivity index (χ0v) is 20.1. The zero-order valence-electron chi connectivity index (χ0n) is 20.1. The average Bonchev–Trinajstić information content (AvgIpc) is 2.64. The van der Waals surface area contributed by atoms with Gasteiger partial charge in [-0.2, -0.15) is 0 Å². The van der Waals surface area contributed by atoms with Crippen molar-refractivity contribution in [2.24, 2.45) is 5.73 Å². The van der Waals surface area contributed by atoms with Crippen molar-refractivity contribution in [3.63, 3.8) is 0 Å². The molecule has 0 aromatic rings. The quantitative estimate of drug-likeness (QED) is 0.286. The highest BCUT2D eigenvalue weighted by Crippen LogP contribution is 2.12. The second kappa shape index (κ2) is 21.6. The summed E-state index contributed by atoms with van der Waals surface area (Å²) in [6.45, 7) is 10.0. The molecule has 0 saturated heterocycles. The summed E-state index contributed by atoms with van der Waals surface area (Å²) in [5, 5.41) is 2.09. The molecule has 0 radical (unpaired) electrons. The van der Waals surface area contributed by atoms with E-state index < -0.39 is 11.7 Å². The van der Waals surface area contributed by atoms with E-state index in [-0.39, 0.29) is 12.3 Å². The Kier molecular flexibility index (Phi) is 22.4. The largest absolute Gasteiger partial charge is 0.444 e. The molecule has 0 rings (SSSR count). The third-order valence-corrected chi connectivity index (χ3v) is 4.52. The van der Waals surface area contributed by atoms with Crippen LogP contribution in [0.2, 0.25) is 0 Å². The highest BCUT2D eigenvalue weighted by atomic mass is 16.6. The van der Waals surface area contributed by atoms with E-state index in [4.69, 9.17) is 10.5 Å². The van der Waals surface area contributed by atoms with Crippen molar-refractivity contribution < 1.29 is 14.3 Å². The van der Waals surface area contributed by atoms with Gasteiger partial charge >= 0.3 is 6.09 Å². The monoisotopic (exact) mass is 414 g/mol. The van der Waals surface area contributed by atoms with Crippen molar-refractivity contribution in [1.29, 1.82) is 0 Å². The Hall–Kier alpha value is -1.10. The predicted molar refractivity (Wildman–Crippen MR) is 124 cm³/mol. The fourth-order valence-corrected chi connectivity index (χ4v) is 2.84. The number of unbranched alkanes of at least 4 members (excludes halogenated alkanes) is 13. The maximum atomic E-state index is 10.9. The lowest BCUT2D eigenvalue weighted by molar-refractivity contribution is -0.120. The second-order valence-corrected chi connectivity index (χ2v) is 8.79. The molecule has 0 aliphatic rings. The Labute approximate surface area is 180 Å². The van der Waals surface area contributed by atoms with Crippen LogP contribution in [-0.4, -0.2) is 24.1 Å². The number of imide groups is 1. The van der Waals surface area contributed by atoms with E-state index in [0.29, 0.717) is 0 Å². The molecule has 0 aromatic carbocycles. The van der Waals surface area contributed by atoms with Gasteiger partial charge in [-0.25, -0.2) is 4.79 Å². The number of carbonyl (C=O) groups excluding carboxylic acids is 2. The maximum absolute atomic E-state index is 10.9. The summed E-state index contributed by atoms with van der Waals surface area (Å²) in [6, 6.07) is 0. The van der Waals surface area contributed by atoms with Crippen LogP contribution in [0.4, 0.5) is 4.79 Å². The summed E-state index contributed by atoms with van der Waals surface area (Å²) in [4.78, 5) is 21.6. The summed E-state index contributed by atoms with van der Waals surface area (Å²) in [5.41, 5.74) is 4.91. The molecule has 0 heterocycles. The third kappa shape index (κ3) is 29.2. The molecule has 5 nitrogen and oxygen atoms in total. The van der Waals surface area contributed by atoms with Gasteiger partial charge in [0, 0.05) is 6.42 Å². The molecule has 0 unspecified atom stereocenters. The van der Waals surface area contributed by atoms with Crippen LogP contribution in [0.3, 0.4) is 0 Å². The molecule has 0 aliphatic carbocycles. The Balaban J connectivity index is 0. The summed E-state index contributed by atoms with van der Waals surface area (Å²) < 4.78 is 4.84. The highest BCUT2D eigenvalue weighted by Gasteiger charge is 2.17. The van der Waals surface area contributed by atoms with Gasteiger partial charge in [-0.3, -0.25) is 10.1 Å². The van der Waals surface area contributed by atoms with E-state index in [1.54, 1.807) is 27.7 Å². The van der Waals surface area contributed by atoms with Crippen molar-refractivity contribution in [1.82, 2.24) is 5.32 Å². The lowest BCUT2D eigenvalue weighted by Gasteiger charge is -2.18. The van der Waals surface area contributed by atoms with Crippen LogP contribution >= 0.6 is 0 Å².